The standard InChI is InChI=1S/C48H78N4O25S/c1-5-6-7-8-9-10-11-12-13-17-69-27-16-14-15-26(18-27)44(64)52-33-37(60)36(59)28(19-53)72-46(33)75-41-29(20-54)73-47(34(39(41)62)50-24(3)57)76-42-30(21-55)74-48(35(40(42)63)51-25(4)58)77-43-31(22-70-78(66,67)68)71-45(65)32(38(43)61)49-23(2)56/h14-16,18,28-43,45-48,53-55,59-63,65H,5-13,17,19-22H2,1-4H3,(H,49,56)(H,50,57)(H,51,58)(H,52,64)(H,66,67,68)/p-1/t28?,29?,30?,31?,32?,33-,34?,35-,36+,37?,38?,39?,40+,41+,42?,43+,45?,46-,47?,48-/m0/s1. The Morgan fingerprint density at radius 2 is 1.00 bits per heavy atom. The number of unbranched alkanes of at least 4 members (excludes halogenated alkanes) is 8. The lowest BCUT2D eigenvalue weighted by Crippen LogP contribution is -2.71. The molecule has 12 unspecified atom stereocenters. The summed E-state index contributed by atoms with van der Waals surface area (Å²) < 4.78 is 85.7. The highest BCUT2D eigenvalue weighted by atomic mass is 32.3. The number of aliphatic hydroxyl groups is 9. The van der Waals surface area contributed by atoms with Gasteiger partial charge < -0.3 is 110 Å². The zero-order valence-electron chi connectivity index (χ0n) is 43.7. The Kier molecular flexibility index (Phi) is 25.7. The molecule has 4 aliphatic heterocycles. The highest BCUT2D eigenvalue weighted by Gasteiger charge is 2.56. The molecule has 4 heterocycles. The van der Waals surface area contributed by atoms with E-state index in [1.807, 2.05) is 0 Å². The SMILES string of the molecule is CCCCCCCCCCCOc1cccc(C(=O)N[C@H]2C(O)[C@H](O)C(CO)O[C@H]2O[C@@H]2C(CO)OC(OC3C(CO)O[C@@H](O[C@@H]4C(COS(=O)(=O)[O-])OC(O)C(NC(C)=O)C4O)[C@@H](NC(C)=O)[C@H]3O)C(NC(C)=O)C2O)c1. The van der Waals surface area contributed by atoms with Crippen LogP contribution in [0.1, 0.15) is 95.8 Å². The van der Waals surface area contributed by atoms with Crippen LogP contribution >= 0.6 is 0 Å². The van der Waals surface area contributed by atoms with Crippen molar-refractivity contribution in [2.75, 3.05) is 33.0 Å². The highest BCUT2D eigenvalue weighted by molar-refractivity contribution is 7.80. The maximum absolute atomic E-state index is 13.8. The Balaban J connectivity index is 1.34. The monoisotopic (exact) mass is 1140 g/mol. The zero-order valence-corrected chi connectivity index (χ0v) is 44.5. The van der Waals surface area contributed by atoms with Gasteiger partial charge in [0, 0.05) is 26.3 Å². The van der Waals surface area contributed by atoms with Gasteiger partial charge in [0.2, 0.25) is 28.1 Å². The second-order valence-corrected chi connectivity index (χ2v) is 20.6. The van der Waals surface area contributed by atoms with E-state index >= 15 is 0 Å². The van der Waals surface area contributed by atoms with Crippen LogP contribution in [-0.4, -0.2) is 238 Å². The molecule has 29 nitrogen and oxygen atoms in total. The largest absolute Gasteiger partial charge is 0.726 e. The predicted molar refractivity (Wildman–Crippen MR) is 262 cm³/mol. The van der Waals surface area contributed by atoms with E-state index in [2.05, 4.69) is 32.4 Å². The van der Waals surface area contributed by atoms with E-state index in [1.165, 1.54) is 44.2 Å². The molecule has 0 aromatic heterocycles. The van der Waals surface area contributed by atoms with Gasteiger partial charge in [-0.3, -0.25) is 23.4 Å². The van der Waals surface area contributed by atoms with Crippen molar-refractivity contribution >= 4 is 34.0 Å². The Hall–Kier alpha value is -3.87. The summed E-state index contributed by atoms with van der Waals surface area (Å²) in [4.78, 5) is 51.1. The van der Waals surface area contributed by atoms with Crippen molar-refractivity contribution in [1.29, 1.82) is 0 Å². The van der Waals surface area contributed by atoms with Gasteiger partial charge in [-0.2, -0.15) is 0 Å². The number of aliphatic hydroxyl groups excluding tert-OH is 9. The fourth-order valence-electron chi connectivity index (χ4n) is 9.64. The van der Waals surface area contributed by atoms with Crippen LogP contribution < -0.4 is 26.0 Å². The third kappa shape index (κ3) is 18.1. The molecule has 13 N–H and O–H groups in total. The molecule has 4 aliphatic rings. The summed E-state index contributed by atoms with van der Waals surface area (Å²) >= 11 is 0. The third-order valence-corrected chi connectivity index (χ3v) is 14.0. The van der Waals surface area contributed by atoms with E-state index in [-0.39, 0.29) is 5.56 Å². The van der Waals surface area contributed by atoms with Crippen molar-refractivity contribution in [3.05, 3.63) is 29.8 Å². The molecule has 4 fully saturated rings. The fourth-order valence-corrected chi connectivity index (χ4v) is 9.94. The van der Waals surface area contributed by atoms with E-state index in [1.54, 1.807) is 12.1 Å². The smallest absolute Gasteiger partial charge is 0.251 e. The summed E-state index contributed by atoms with van der Waals surface area (Å²) in [6.07, 6.45) is -19.6. The molecule has 4 amide bonds. The van der Waals surface area contributed by atoms with E-state index in [0.717, 1.165) is 46.5 Å². The molecule has 5 rings (SSSR count). The van der Waals surface area contributed by atoms with Gasteiger partial charge >= 0.3 is 0 Å². The summed E-state index contributed by atoms with van der Waals surface area (Å²) in [6.45, 7) is 1.58. The first-order chi connectivity index (χ1) is 37.0. The minimum Gasteiger partial charge on any atom is -0.726 e. The minimum atomic E-state index is -5.41. The normalized spacial score (nSPS) is 35.3. The van der Waals surface area contributed by atoms with Crippen LogP contribution in [0.5, 0.6) is 5.75 Å². The van der Waals surface area contributed by atoms with Gasteiger partial charge in [-0.1, -0.05) is 64.4 Å². The van der Waals surface area contributed by atoms with E-state index in [4.69, 9.17) is 37.9 Å². The second-order valence-electron chi connectivity index (χ2n) is 19.6. The maximum Gasteiger partial charge on any atom is 0.251 e. The lowest BCUT2D eigenvalue weighted by molar-refractivity contribution is -0.361. The van der Waals surface area contributed by atoms with Crippen LogP contribution in [0, 0.1) is 0 Å². The van der Waals surface area contributed by atoms with Crippen molar-refractivity contribution in [1.82, 2.24) is 21.3 Å². The van der Waals surface area contributed by atoms with E-state index < -0.39 is 183 Å². The van der Waals surface area contributed by atoms with Gasteiger partial charge in [0.05, 0.1) is 33.0 Å². The molecule has 1 aromatic rings. The molecular formula is C48H77N4O25S-. The molecule has 20 atom stereocenters. The Morgan fingerprint density at radius 3 is 1.47 bits per heavy atom. The van der Waals surface area contributed by atoms with Crippen LogP contribution in [0.3, 0.4) is 0 Å². The molecule has 30 heteroatoms. The number of rotatable bonds is 28. The Morgan fingerprint density at radius 1 is 0.564 bits per heavy atom. The third-order valence-electron chi connectivity index (χ3n) is 13.6. The van der Waals surface area contributed by atoms with E-state index in [9.17, 15) is 78.1 Å². The van der Waals surface area contributed by atoms with Gasteiger partial charge in [0.1, 0.15) is 103 Å². The van der Waals surface area contributed by atoms with Crippen molar-refractivity contribution < 1.29 is 120 Å². The molecule has 0 radical (unpaired) electrons. The number of carbonyl (C=O) groups is 4. The Labute approximate surface area is 451 Å². The van der Waals surface area contributed by atoms with E-state index in [0.29, 0.717) is 12.4 Å². The number of hydrogen-bond acceptors (Lipinski definition) is 25. The van der Waals surface area contributed by atoms with Crippen molar-refractivity contribution in [2.45, 2.75) is 208 Å². The first kappa shape index (κ1) is 64.9. The summed E-state index contributed by atoms with van der Waals surface area (Å²) in [6, 6.07) is -0.636. The number of nitrogens with one attached hydrogen (secondary N) is 4. The fraction of sp³-hybridized carbons (Fsp3) is 0.792. The number of carbonyl (C=O) groups excluding carboxylic acids is 4. The zero-order chi connectivity index (χ0) is 57.4. The molecule has 78 heavy (non-hydrogen) atoms. The molecule has 4 saturated heterocycles. The average molecular weight is 1140 g/mol. The number of ether oxygens (including phenoxy) is 8. The molecular weight excluding hydrogens is 1060 g/mol. The first-order valence-electron chi connectivity index (χ1n) is 26.0. The Bertz CT molecular complexity index is 2170. The van der Waals surface area contributed by atoms with Crippen molar-refractivity contribution in [3.63, 3.8) is 0 Å². The van der Waals surface area contributed by atoms with Crippen LogP contribution in [0.4, 0.5) is 0 Å². The quantitative estimate of drug-likeness (QED) is 0.0214. The molecule has 0 saturated carbocycles. The van der Waals surface area contributed by atoms with Crippen LogP contribution in [0.25, 0.3) is 0 Å². The van der Waals surface area contributed by atoms with Gasteiger partial charge in [0.15, 0.2) is 25.2 Å². The van der Waals surface area contributed by atoms with Gasteiger partial charge in [0.25, 0.3) is 5.91 Å². The molecule has 446 valence electrons. The lowest BCUT2D eigenvalue weighted by atomic mass is 9.93. The summed E-state index contributed by atoms with van der Waals surface area (Å²) in [7, 11) is -5.41. The minimum absolute atomic E-state index is 0.0706. The molecule has 1 aromatic carbocycles. The maximum atomic E-state index is 13.8. The van der Waals surface area contributed by atoms with Crippen LogP contribution in [-0.2, 0) is 62.1 Å². The van der Waals surface area contributed by atoms with Crippen molar-refractivity contribution in [2.24, 2.45) is 0 Å². The summed E-state index contributed by atoms with van der Waals surface area (Å²) in [5.41, 5.74) is 0.0706. The summed E-state index contributed by atoms with van der Waals surface area (Å²) in [5.74, 6) is -2.84. The number of amides is 4. The molecule has 0 aliphatic carbocycles. The lowest BCUT2D eigenvalue weighted by Gasteiger charge is -2.51. The number of benzene rings is 1. The van der Waals surface area contributed by atoms with Crippen LogP contribution in [0.15, 0.2) is 24.3 Å². The van der Waals surface area contributed by atoms with Gasteiger partial charge in [-0.25, -0.2) is 8.42 Å². The average Bonchev–Trinajstić information content (AvgIpc) is 3.40. The molecule has 0 spiro atoms. The van der Waals surface area contributed by atoms with Crippen molar-refractivity contribution in [3.8, 4) is 5.75 Å². The van der Waals surface area contributed by atoms with Gasteiger partial charge in [-0.15, -0.1) is 0 Å². The topological polar surface area (TPSA) is 439 Å². The van der Waals surface area contributed by atoms with Crippen LogP contribution in [0.2, 0.25) is 0 Å². The summed E-state index contributed by atoms with van der Waals surface area (Å²) in [5, 5.41) is 109. The van der Waals surface area contributed by atoms with Gasteiger partial charge in [-0.05, 0) is 24.6 Å². The highest BCUT2D eigenvalue weighted by Crippen LogP contribution is 2.35. The number of hydrogen-bond donors (Lipinski definition) is 13. The molecule has 0 bridgehead atoms. The second kappa shape index (κ2) is 30.8. The predicted octanol–water partition coefficient (Wildman–Crippen LogP) is -4.49. The first-order valence-corrected chi connectivity index (χ1v) is 27.3.